The summed E-state index contributed by atoms with van der Waals surface area (Å²) < 4.78 is 7.00. The van der Waals surface area contributed by atoms with Crippen LogP contribution >= 0.6 is 11.6 Å². The van der Waals surface area contributed by atoms with E-state index < -0.39 is 0 Å². The molecule has 1 aromatic carbocycles. The number of hydrogen-bond acceptors (Lipinski definition) is 2. The van der Waals surface area contributed by atoms with Crippen molar-refractivity contribution in [1.82, 2.24) is 4.57 Å². The van der Waals surface area contributed by atoms with E-state index in [1.54, 1.807) is 0 Å². The number of esters is 1. The van der Waals surface area contributed by atoms with Gasteiger partial charge in [0.05, 0.1) is 17.1 Å². The second-order valence-electron chi connectivity index (χ2n) is 4.08. The minimum Gasteiger partial charge on any atom is -0.464 e. The Balaban J connectivity index is 2.49. The number of benzene rings is 1. The van der Waals surface area contributed by atoms with Crippen LogP contribution < -0.4 is 0 Å². The van der Waals surface area contributed by atoms with Crippen molar-refractivity contribution in [3.63, 3.8) is 0 Å². The van der Waals surface area contributed by atoms with Crippen LogP contribution in [0.2, 0.25) is 5.02 Å². The van der Waals surface area contributed by atoms with Gasteiger partial charge < -0.3 is 9.30 Å². The summed E-state index contributed by atoms with van der Waals surface area (Å²) in [6.07, 6.45) is 2.56. The molecule has 1 unspecified atom stereocenters. The smallest absolute Gasteiger partial charge is 0.329 e. The molecule has 18 heavy (non-hydrogen) atoms. The maximum atomic E-state index is 11.9. The molecule has 0 aliphatic rings. The van der Waals surface area contributed by atoms with Gasteiger partial charge in [-0.3, -0.25) is 0 Å². The molecule has 3 nitrogen and oxygen atoms in total. The molecule has 0 spiro atoms. The molecule has 0 N–H and O–H groups in total. The molecule has 4 heteroatoms. The lowest BCUT2D eigenvalue weighted by Gasteiger charge is -2.17. The molecule has 2 rings (SSSR count). The Bertz CT molecular complexity index is 562. The third-order valence-corrected chi connectivity index (χ3v) is 3.28. The fourth-order valence-corrected chi connectivity index (χ4v) is 2.43. The Morgan fingerprint density at radius 2 is 2.17 bits per heavy atom. The minimum atomic E-state index is -0.317. The third kappa shape index (κ3) is 2.23. The molecule has 1 heterocycles. The number of carbonyl (C=O) groups is 1. The van der Waals surface area contributed by atoms with Gasteiger partial charge in [0.1, 0.15) is 6.04 Å². The first-order valence-corrected chi connectivity index (χ1v) is 6.48. The summed E-state index contributed by atoms with van der Waals surface area (Å²) in [5, 5.41) is 1.69. The molecule has 0 saturated carbocycles. The summed E-state index contributed by atoms with van der Waals surface area (Å²) in [6.45, 7) is 4.16. The Morgan fingerprint density at radius 1 is 1.39 bits per heavy atom. The molecule has 1 aromatic heterocycles. The van der Waals surface area contributed by atoms with E-state index in [0.29, 0.717) is 18.1 Å². The quantitative estimate of drug-likeness (QED) is 0.787. The zero-order chi connectivity index (χ0) is 13.1. The largest absolute Gasteiger partial charge is 0.464 e. The lowest BCUT2D eigenvalue weighted by atomic mass is 10.2. The van der Waals surface area contributed by atoms with Crippen molar-refractivity contribution in [3.05, 3.63) is 35.5 Å². The molecule has 0 aliphatic heterocycles. The molecule has 0 amide bonds. The topological polar surface area (TPSA) is 31.2 Å². The maximum absolute atomic E-state index is 11.9. The normalized spacial score (nSPS) is 12.6. The van der Waals surface area contributed by atoms with Crippen molar-refractivity contribution in [2.45, 2.75) is 26.3 Å². The van der Waals surface area contributed by atoms with Crippen LogP contribution in [0.1, 0.15) is 26.3 Å². The van der Waals surface area contributed by atoms with Gasteiger partial charge in [-0.25, -0.2) is 4.79 Å². The number of ether oxygens (including phenoxy) is 1. The minimum absolute atomic E-state index is 0.211. The van der Waals surface area contributed by atoms with Gasteiger partial charge in [0.2, 0.25) is 0 Å². The molecule has 96 valence electrons. The van der Waals surface area contributed by atoms with Gasteiger partial charge in [-0.15, -0.1) is 0 Å². The number of hydrogen-bond donors (Lipinski definition) is 0. The number of aromatic nitrogens is 1. The number of carbonyl (C=O) groups excluding carboxylic acids is 1. The van der Waals surface area contributed by atoms with Crippen LogP contribution in [0.4, 0.5) is 0 Å². The van der Waals surface area contributed by atoms with Gasteiger partial charge in [-0.1, -0.05) is 30.7 Å². The molecule has 0 saturated heterocycles. The maximum Gasteiger partial charge on any atom is 0.329 e. The Labute approximate surface area is 111 Å². The number of halogens is 1. The average molecular weight is 266 g/mol. The highest BCUT2D eigenvalue weighted by Gasteiger charge is 2.21. The van der Waals surface area contributed by atoms with E-state index in [1.165, 1.54) is 0 Å². The molecular formula is C14H16ClNO2. The van der Waals surface area contributed by atoms with E-state index >= 15 is 0 Å². The fraction of sp³-hybridized carbons (Fsp3) is 0.357. The Kier molecular flexibility index (Phi) is 3.92. The lowest BCUT2D eigenvalue weighted by molar-refractivity contribution is -0.147. The summed E-state index contributed by atoms with van der Waals surface area (Å²) in [5.74, 6) is -0.211. The van der Waals surface area contributed by atoms with Crippen molar-refractivity contribution >= 4 is 28.5 Å². The van der Waals surface area contributed by atoms with Crippen LogP contribution in [-0.2, 0) is 9.53 Å². The standard InChI is InChI=1S/C14H16ClNO2/c1-3-12(14(17)18-4-2)16-9-8-10-6-5-7-11(15)13(10)16/h5-9,12H,3-4H2,1-2H3. The first-order valence-electron chi connectivity index (χ1n) is 6.10. The van der Waals surface area contributed by atoms with Crippen molar-refractivity contribution in [2.24, 2.45) is 0 Å². The summed E-state index contributed by atoms with van der Waals surface area (Å²) in [5.41, 5.74) is 0.888. The highest BCUT2D eigenvalue weighted by molar-refractivity contribution is 6.35. The van der Waals surface area contributed by atoms with Crippen molar-refractivity contribution in [1.29, 1.82) is 0 Å². The van der Waals surface area contributed by atoms with E-state index in [2.05, 4.69) is 0 Å². The molecule has 0 fully saturated rings. The highest BCUT2D eigenvalue weighted by Crippen LogP contribution is 2.28. The Hall–Kier alpha value is -1.48. The zero-order valence-electron chi connectivity index (χ0n) is 10.5. The highest BCUT2D eigenvalue weighted by atomic mass is 35.5. The summed E-state index contributed by atoms with van der Waals surface area (Å²) in [6, 6.07) is 7.36. The second-order valence-corrected chi connectivity index (χ2v) is 4.48. The van der Waals surface area contributed by atoms with E-state index in [0.717, 1.165) is 10.9 Å². The predicted octanol–water partition coefficient (Wildman–Crippen LogP) is 3.81. The molecule has 0 radical (unpaired) electrons. The van der Waals surface area contributed by atoms with Crippen LogP contribution in [0.5, 0.6) is 0 Å². The number of fused-ring (bicyclic) bond motifs is 1. The molecule has 2 aromatic rings. The first kappa shape index (κ1) is 13.0. The van der Waals surface area contributed by atoms with Crippen LogP contribution in [-0.4, -0.2) is 17.1 Å². The van der Waals surface area contributed by atoms with E-state index in [9.17, 15) is 4.79 Å². The first-order chi connectivity index (χ1) is 8.69. The molecule has 1 atom stereocenters. The Morgan fingerprint density at radius 3 is 2.83 bits per heavy atom. The van der Waals surface area contributed by atoms with Gasteiger partial charge in [0.15, 0.2) is 0 Å². The van der Waals surface area contributed by atoms with E-state index in [1.807, 2.05) is 48.9 Å². The second kappa shape index (κ2) is 5.44. The summed E-state index contributed by atoms with van der Waals surface area (Å²) >= 11 is 6.21. The predicted molar refractivity (Wildman–Crippen MR) is 72.9 cm³/mol. The number of rotatable bonds is 4. The van der Waals surface area contributed by atoms with Gasteiger partial charge in [-0.05, 0) is 25.5 Å². The lowest BCUT2D eigenvalue weighted by Crippen LogP contribution is -2.20. The van der Waals surface area contributed by atoms with Crippen LogP contribution in [0, 0.1) is 0 Å². The third-order valence-electron chi connectivity index (χ3n) is 2.97. The fourth-order valence-electron chi connectivity index (χ4n) is 2.15. The van der Waals surface area contributed by atoms with Crippen LogP contribution in [0.15, 0.2) is 30.5 Å². The molecule has 0 aliphatic carbocycles. The summed E-state index contributed by atoms with van der Waals surface area (Å²) in [7, 11) is 0. The van der Waals surface area contributed by atoms with Gasteiger partial charge >= 0.3 is 5.97 Å². The van der Waals surface area contributed by atoms with Gasteiger partial charge in [-0.2, -0.15) is 0 Å². The molecule has 0 bridgehead atoms. The van der Waals surface area contributed by atoms with E-state index in [-0.39, 0.29) is 12.0 Å². The van der Waals surface area contributed by atoms with Gasteiger partial charge in [0.25, 0.3) is 0 Å². The number of nitrogens with zero attached hydrogens (tertiary/aromatic N) is 1. The van der Waals surface area contributed by atoms with Crippen molar-refractivity contribution < 1.29 is 9.53 Å². The zero-order valence-corrected chi connectivity index (χ0v) is 11.3. The van der Waals surface area contributed by atoms with Crippen LogP contribution in [0.25, 0.3) is 10.9 Å². The van der Waals surface area contributed by atoms with Crippen molar-refractivity contribution in [2.75, 3.05) is 6.61 Å². The van der Waals surface area contributed by atoms with Crippen molar-refractivity contribution in [3.8, 4) is 0 Å². The van der Waals surface area contributed by atoms with Gasteiger partial charge in [0, 0.05) is 11.6 Å². The van der Waals surface area contributed by atoms with Crippen LogP contribution in [0.3, 0.4) is 0 Å². The summed E-state index contributed by atoms with van der Waals surface area (Å²) in [4.78, 5) is 11.9. The average Bonchev–Trinajstić information content (AvgIpc) is 2.76. The monoisotopic (exact) mass is 265 g/mol. The SMILES string of the molecule is CCOC(=O)C(CC)n1ccc2cccc(Cl)c21. The number of para-hydroxylation sites is 1. The van der Waals surface area contributed by atoms with E-state index in [4.69, 9.17) is 16.3 Å². The molecular weight excluding hydrogens is 250 g/mol.